The van der Waals surface area contributed by atoms with Crippen molar-refractivity contribution in [2.24, 2.45) is 10.7 Å². The molecule has 0 aromatic rings. The first-order chi connectivity index (χ1) is 6.54. The number of amides is 3. The summed E-state index contributed by atoms with van der Waals surface area (Å²) in [6, 6.07) is -1.34. The van der Waals surface area contributed by atoms with Crippen LogP contribution in [0.5, 0.6) is 0 Å². The third-order valence-electron chi connectivity index (χ3n) is 1.42. The van der Waals surface area contributed by atoms with Crippen LogP contribution in [0.3, 0.4) is 0 Å². The second kappa shape index (κ2) is 4.05. The summed E-state index contributed by atoms with van der Waals surface area (Å²) >= 11 is 5.18. The molecule has 1 unspecified atom stereocenters. The van der Waals surface area contributed by atoms with Gasteiger partial charge in [-0.3, -0.25) is 19.7 Å². The van der Waals surface area contributed by atoms with Gasteiger partial charge in [0.1, 0.15) is 5.88 Å². The molecule has 0 aromatic heterocycles. The Bertz CT molecular complexity index is 327. The van der Waals surface area contributed by atoms with Crippen molar-refractivity contribution in [3.63, 3.8) is 0 Å². The highest BCUT2D eigenvalue weighted by atomic mass is 35.5. The van der Waals surface area contributed by atoms with Gasteiger partial charge in [-0.05, 0) is 0 Å². The molecule has 1 rings (SSSR count). The average molecular weight is 219 g/mol. The average Bonchev–Trinajstić information content (AvgIpc) is 2.10. The van der Waals surface area contributed by atoms with E-state index in [1.807, 2.05) is 0 Å². The molecule has 0 aromatic carbocycles. The number of rotatable bonds is 2. The first-order valence-electron chi connectivity index (χ1n) is 3.59. The topological polar surface area (TPSA) is 114 Å². The second-order valence-corrected chi connectivity index (χ2v) is 2.73. The van der Waals surface area contributed by atoms with Gasteiger partial charge in [-0.1, -0.05) is 0 Å². The number of nitrogens with two attached hydrogens (primary N) is 1. The van der Waals surface area contributed by atoms with Gasteiger partial charge < -0.3 is 11.1 Å². The van der Waals surface area contributed by atoms with Gasteiger partial charge in [0.05, 0.1) is 0 Å². The number of hydrogen-bond donors (Lipinski definition) is 3. The van der Waals surface area contributed by atoms with Crippen LogP contribution in [0.2, 0.25) is 0 Å². The molecule has 14 heavy (non-hydrogen) atoms. The Morgan fingerprint density at radius 1 is 1.64 bits per heavy atom. The van der Waals surface area contributed by atoms with Gasteiger partial charge in [-0.25, -0.2) is 0 Å². The molecule has 1 aliphatic rings. The zero-order valence-corrected chi connectivity index (χ0v) is 7.67. The van der Waals surface area contributed by atoms with Gasteiger partial charge in [0, 0.05) is 0 Å². The van der Waals surface area contributed by atoms with E-state index in [9.17, 15) is 14.4 Å². The van der Waals surface area contributed by atoms with E-state index in [-0.39, 0.29) is 11.8 Å². The van der Waals surface area contributed by atoms with Crippen molar-refractivity contribution in [1.29, 1.82) is 0 Å². The molecule has 0 radical (unpaired) electrons. The quantitative estimate of drug-likeness (QED) is 0.357. The molecule has 0 saturated heterocycles. The summed E-state index contributed by atoms with van der Waals surface area (Å²) in [5.74, 6) is -2.78. The summed E-state index contributed by atoms with van der Waals surface area (Å²) in [4.78, 5) is 36.3. The predicted molar refractivity (Wildman–Crippen MR) is 47.4 cm³/mol. The largest absolute Gasteiger partial charge is 0.369 e. The molecular weight excluding hydrogens is 212 g/mol. The van der Waals surface area contributed by atoms with Crippen LogP contribution in [-0.2, 0) is 14.4 Å². The van der Waals surface area contributed by atoms with Gasteiger partial charge in [-0.15, -0.1) is 11.6 Å². The van der Waals surface area contributed by atoms with Crippen molar-refractivity contribution in [3.8, 4) is 0 Å². The maximum Gasteiger partial charge on any atom is 0.281 e. The van der Waals surface area contributed by atoms with E-state index in [1.54, 1.807) is 0 Å². The summed E-state index contributed by atoms with van der Waals surface area (Å²) < 4.78 is 0. The summed E-state index contributed by atoms with van der Waals surface area (Å²) in [5, 5.41) is 4.19. The molecule has 0 spiro atoms. The zero-order valence-electron chi connectivity index (χ0n) is 6.91. The maximum absolute atomic E-state index is 11.1. The number of carbonyl (C=O) groups is 3. The lowest BCUT2D eigenvalue weighted by molar-refractivity contribution is -0.134. The number of guanidine groups is 1. The van der Waals surface area contributed by atoms with Crippen LogP contribution in [0.25, 0.3) is 0 Å². The van der Waals surface area contributed by atoms with Gasteiger partial charge >= 0.3 is 0 Å². The highest BCUT2D eigenvalue weighted by Gasteiger charge is 2.32. The summed E-state index contributed by atoms with van der Waals surface area (Å²) in [7, 11) is 0. The summed E-state index contributed by atoms with van der Waals surface area (Å²) in [5.41, 5.74) is 5.10. The number of alkyl halides is 1. The van der Waals surface area contributed by atoms with Crippen molar-refractivity contribution in [2.75, 3.05) is 5.88 Å². The van der Waals surface area contributed by atoms with Gasteiger partial charge in [-0.2, -0.15) is 4.99 Å². The Morgan fingerprint density at radius 3 is 2.79 bits per heavy atom. The molecule has 8 heteroatoms. The molecule has 0 saturated carbocycles. The lowest BCUT2D eigenvalue weighted by Crippen LogP contribution is -2.57. The molecule has 1 aliphatic heterocycles. The third kappa shape index (κ3) is 2.19. The van der Waals surface area contributed by atoms with E-state index in [4.69, 9.17) is 17.3 Å². The standard InChI is InChI=1S/C6H7ClN4O3/c7-1-2(12)9-3-4(13)10-6(8)11-5(3)14/h3H,1H2,(H,9,12)(H3,8,10,11,13,14). The van der Waals surface area contributed by atoms with Crippen molar-refractivity contribution in [3.05, 3.63) is 0 Å². The van der Waals surface area contributed by atoms with Crippen LogP contribution in [-0.4, -0.2) is 35.6 Å². The number of carbonyl (C=O) groups excluding carboxylic acids is 3. The zero-order chi connectivity index (χ0) is 10.7. The summed E-state index contributed by atoms with van der Waals surface area (Å²) in [6.07, 6.45) is 0. The molecule has 4 N–H and O–H groups in total. The lowest BCUT2D eigenvalue weighted by Gasteiger charge is -2.18. The van der Waals surface area contributed by atoms with Crippen molar-refractivity contribution in [2.45, 2.75) is 6.04 Å². The number of nitrogens with zero attached hydrogens (tertiary/aromatic N) is 1. The SMILES string of the molecule is NC1=NC(=O)C(NC(=O)CCl)C(=O)N1. The number of hydrogen-bond acceptors (Lipinski definition) is 4. The van der Waals surface area contributed by atoms with Gasteiger partial charge in [0.25, 0.3) is 11.8 Å². The van der Waals surface area contributed by atoms with Crippen molar-refractivity contribution >= 4 is 35.3 Å². The van der Waals surface area contributed by atoms with Gasteiger partial charge in [0.15, 0.2) is 6.04 Å². The van der Waals surface area contributed by atoms with Crippen LogP contribution in [0.4, 0.5) is 0 Å². The molecule has 1 heterocycles. The monoisotopic (exact) mass is 218 g/mol. The Morgan fingerprint density at radius 2 is 2.29 bits per heavy atom. The molecular formula is C6H7ClN4O3. The van der Waals surface area contributed by atoms with E-state index >= 15 is 0 Å². The summed E-state index contributed by atoms with van der Waals surface area (Å²) in [6.45, 7) is 0. The normalized spacial score (nSPS) is 21.2. The maximum atomic E-state index is 11.1. The molecule has 76 valence electrons. The molecule has 1 atom stereocenters. The highest BCUT2D eigenvalue weighted by Crippen LogP contribution is 1.95. The smallest absolute Gasteiger partial charge is 0.281 e. The minimum Gasteiger partial charge on any atom is -0.369 e. The molecule has 0 fully saturated rings. The fourth-order valence-corrected chi connectivity index (χ4v) is 0.926. The fourth-order valence-electron chi connectivity index (χ4n) is 0.849. The lowest BCUT2D eigenvalue weighted by atomic mass is 10.2. The van der Waals surface area contributed by atoms with E-state index in [2.05, 4.69) is 15.6 Å². The van der Waals surface area contributed by atoms with E-state index < -0.39 is 23.8 Å². The van der Waals surface area contributed by atoms with Crippen LogP contribution in [0, 0.1) is 0 Å². The first kappa shape index (κ1) is 10.5. The first-order valence-corrected chi connectivity index (χ1v) is 4.12. The molecule has 3 amide bonds. The Kier molecular flexibility index (Phi) is 3.03. The van der Waals surface area contributed by atoms with Crippen LogP contribution < -0.4 is 16.4 Å². The van der Waals surface area contributed by atoms with Gasteiger partial charge in [0.2, 0.25) is 11.9 Å². The Hall–Kier alpha value is -1.63. The van der Waals surface area contributed by atoms with Crippen LogP contribution in [0.1, 0.15) is 0 Å². The Labute approximate surface area is 83.7 Å². The molecule has 0 aliphatic carbocycles. The van der Waals surface area contributed by atoms with E-state index in [0.717, 1.165) is 0 Å². The number of aliphatic imine (C=N–C) groups is 1. The molecule has 0 bridgehead atoms. The third-order valence-corrected chi connectivity index (χ3v) is 1.66. The van der Waals surface area contributed by atoms with E-state index in [0.29, 0.717) is 0 Å². The predicted octanol–water partition coefficient (Wildman–Crippen LogP) is -2.32. The van der Waals surface area contributed by atoms with Crippen molar-refractivity contribution in [1.82, 2.24) is 10.6 Å². The van der Waals surface area contributed by atoms with Crippen LogP contribution in [0.15, 0.2) is 4.99 Å². The number of nitrogens with one attached hydrogen (secondary N) is 2. The Balaban J connectivity index is 2.74. The fraction of sp³-hybridized carbons (Fsp3) is 0.333. The van der Waals surface area contributed by atoms with Crippen molar-refractivity contribution < 1.29 is 14.4 Å². The molecule has 7 nitrogen and oxygen atoms in total. The van der Waals surface area contributed by atoms with E-state index in [1.165, 1.54) is 0 Å². The minimum atomic E-state index is -1.34. The second-order valence-electron chi connectivity index (χ2n) is 2.46. The highest BCUT2D eigenvalue weighted by molar-refractivity contribution is 6.28. The number of halogens is 1. The van der Waals surface area contributed by atoms with Crippen LogP contribution >= 0.6 is 11.6 Å². The minimum absolute atomic E-state index is 0.281.